The molecular formula is C14H25N3O2. The molecule has 0 aliphatic carbocycles. The second-order valence-electron chi connectivity index (χ2n) is 4.77. The topological polar surface area (TPSA) is 70.1 Å². The van der Waals surface area contributed by atoms with Crippen LogP contribution in [0.5, 0.6) is 0 Å². The van der Waals surface area contributed by atoms with Crippen LogP contribution in [0.1, 0.15) is 56.9 Å². The number of unbranched alkanes of at least 4 members (excludes halogenated alkanes) is 1. The summed E-state index contributed by atoms with van der Waals surface area (Å²) in [6.07, 6.45) is 6.34. The maximum absolute atomic E-state index is 11.6. The second-order valence-corrected chi connectivity index (χ2v) is 4.77. The van der Waals surface area contributed by atoms with E-state index >= 15 is 0 Å². The van der Waals surface area contributed by atoms with E-state index in [1.165, 1.54) is 19.3 Å². The summed E-state index contributed by atoms with van der Waals surface area (Å²) in [6.45, 7) is 7.29. The number of rotatable bonds is 8. The van der Waals surface area contributed by atoms with E-state index in [9.17, 15) is 4.79 Å². The predicted octanol–water partition coefficient (Wildman–Crippen LogP) is 2.86. The summed E-state index contributed by atoms with van der Waals surface area (Å²) in [5, 5.41) is 0. The molecule has 1 heterocycles. The van der Waals surface area contributed by atoms with Crippen molar-refractivity contribution in [2.75, 3.05) is 12.3 Å². The van der Waals surface area contributed by atoms with Gasteiger partial charge in [-0.3, -0.25) is 0 Å². The highest BCUT2D eigenvalue weighted by Gasteiger charge is 2.18. The van der Waals surface area contributed by atoms with E-state index in [1.807, 2.05) is 4.57 Å². The van der Waals surface area contributed by atoms with Gasteiger partial charge in [0.2, 0.25) is 0 Å². The highest BCUT2D eigenvalue weighted by Crippen LogP contribution is 2.19. The molecule has 5 nitrogen and oxygen atoms in total. The molecule has 0 spiro atoms. The van der Waals surface area contributed by atoms with Gasteiger partial charge < -0.3 is 15.0 Å². The van der Waals surface area contributed by atoms with Crippen molar-refractivity contribution in [3.05, 3.63) is 12.0 Å². The SMILES string of the molecule is CCCCC(CC)Cn1cnc(C(=O)OCC)c1N. The largest absolute Gasteiger partial charge is 0.461 e. The third kappa shape index (κ3) is 4.26. The normalized spacial score (nSPS) is 12.4. The molecular weight excluding hydrogens is 242 g/mol. The molecule has 0 aromatic carbocycles. The van der Waals surface area contributed by atoms with Crippen molar-refractivity contribution < 1.29 is 9.53 Å². The Labute approximate surface area is 115 Å². The Balaban J connectivity index is 2.71. The summed E-state index contributed by atoms with van der Waals surface area (Å²) >= 11 is 0. The first-order valence-corrected chi connectivity index (χ1v) is 7.11. The molecule has 19 heavy (non-hydrogen) atoms. The van der Waals surface area contributed by atoms with Gasteiger partial charge in [0.25, 0.3) is 0 Å². The lowest BCUT2D eigenvalue weighted by molar-refractivity contribution is 0.0521. The van der Waals surface area contributed by atoms with Gasteiger partial charge in [0, 0.05) is 6.54 Å². The van der Waals surface area contributed by atoms with Crippen LogP contribution in [0.3, 0.4) is 0 Å². The molecule has 0 radical (unpaired) electrons. The Morgan fingerprint density at radius 1 is 1.47 bits per heavy atom. The molecule has 1 unspecified atom stereocenters. The van der Waals surface area contributed by atoms with E-state index in [2.05, 4.69) is 18.8 Å². The van der Waals surface area contributed by atoms with Crippen molar-refractivity contribution in [2.45, 2.75) is 53.0 Å². The van der Waals surface area contributed by atoms with E-state index < -0.39 is 5.97 Å². The van der Waals surface area contributed by atoms with Crippen LogP contribution < -0.4 is 5.73 Å². The molecule has 0 saturated carbocycles. The van der Waals surface area contributed by atoms with Crippen LogP contribution in [0.25, 0.3) is 0 Å². The van der Waals surface area contributed by atoms with Crippen molar-refractivity contribution in [2.24, 2.45) is 5.92 Å². The molecule has 0 fully saturated rings. The monoisotopic (exact) mass is 267 g/mol. The maximum Gasteiger partial charge on any atom is 0.360 e. The fraction of sp³-hybridized carbons (Fsp3) is 0.714. The zero-order chi connectivity index (χ0) is 14.3. The average molecular weight is 267 g/mol. The number of nitrogens with zero attached hydrogens (tertiary/aromatic N) is 2. The second kappa shape index (κ2) is 7.81. The van der Waals surface area contributed by atoms with Gasteiger partial charge in [-0.05, 0) is 19.3 Å². The van der Waals surface area contributed by atoms with Crippen LogP contribution in [-0.4, -0.2) is 22.1 Å². The standard InChI is InChI=1S/C14H25N3O2/c1-4-7-8-11(5-2)9-17-10-16-12(13(17)15)14(18)19-6-3/h10-11H,4-9,15H2,1-3H3. The smallest absolute Gasteiger partial charge is 0.360 e. The quantitative estimate of drug-likeness (QED) is 0.735. The average Bonchev–Trinajstić information content (AvgIpc) is 2.76. The van der Waals surface area contributed by atoms with E-state index in [4.69, 9.17) is 10.5 Å². The van der Waals surface area contributed by atoms with Gasteiger partial charge in [-0.1, -0.05) is 33.1 Å². The van der Waals surface area contributed by atoms with Gasteiger partial charge in [-0.2, -0.15) is 0 Å². The van der Waals surface area contributed by atoms with Gasteiger partial charge in [0.1, 0.15) is 5.82 Å². The zero-order valence-electron chi connectivity index (χ0n) is 12.2. The first-order chi connectivity index (χ1) is 9.13. The summed E-state index contributed by atoms with van der Waals surface area (Å²) in [5.74, 6) is 0.542. The Morgan fingerprint density at radius 2 is 2.21 bits per heavy atom. The summed E-state index contributed by atoms with van der Waals surface area (Å²) in [4.78, 5) is 15.7. The highest BCUT2D eigenvalue weighted by atomic mass is 16.5. The number of aromatic nitrogens is 2. The molecule has 0 bridgehead atoms. The van der Waals surface area contributed by atoms with E-state index in [-0.39, 0.29) is 5.69 Å². The number of imidazole rings is 1. The van der Waals surface area contributed by atoms with Crippen molar-refractivity contribution >= 4 is 11.8 Å². The van der Waals surface area contributed by atoms with Crippen LogP contribution >= 0.6 is 0 Å². The van der Waals surface area contributed by atoms with Crippen LogP contribution in [0.15, 0.2) is 6.33 Å². The number of nitrogens with two attached hydrogens (primary N) is 1. The Morgan fingerprint density at radius 3 is 2.79 bits per heavy atom. The number of carbonyl (C=O) groups excluding carboxylic acids is 1. The molecule has 1 aromatic heterocycles. The summed E-state index contributed by atoms with van der Waals surface area (Å²) < 4.78 is 6.78. The number of nitrogen functional groups attached to an aromatic ring is 1. The van der Waals surface area contributed by atoms with Crippen LogP contribution in [0.4, 0.5) is 5.82 Å². The third-order valence-corrected chi connectivity index (χ3v) is 3.35. The Bertz CT molecular complexity index is 401. The fourth-order valence-corrected chi connectivity index (χ4v) is 2.09. The van der Waals surface area contributed by atoms with E-state index in [0.717, 1.165) is 13.0 Å². The number of anilines is 1. The number of esters is 1. The summed E-state index contributed by atoms with van der Waals surface area (Å²) in [5.41, 5.74) is 6.19. The number of hydrogen-bond acceptors (Lipinski definition) is 4. The van der Waals surface area contributed by atoms with Gasteiger partial charge in [0.05, 0.1) is 12.9 Å². The minimum Gasteiger partial charge on any atom is -0.461 e. The zero-order valence-corrected chi connectivity index (χ0v) is 12.2. The molecule has 2 N–H and O–H groups in total. The predicted molar refractivity (Wildman–Crippen MR) is 75.9 cm³/mol. The number of ether oxygens (including phenoxy) is 1. The molecule has 0 amide bonds. The summed E-state index contributed by atoms with van der Waals surface area (Å²) in [6, 6.07) is 0. The van der Waals surface area contributed by atoms with Gasteiger partial charge in [0.15, 0.2) is 5.69 Å². The van der Waals surface area contributed by atoms with Gasteiger partial charge in [-0.25, -0.2) is 9.78 Å². The van der Waals surface area contributed by atoms with Crippen LogP contribution in [-0.2, 0) is 11.3 Å². The first-order valence-electron chi connectivity index (χ1n) is 7.11. The lowest BCUT2D eigenvalue weighted by atomic mass is 9.99. The van der Waals surface area contributed by atoms with Gasteiger partial charge in [-0.15, -0.1) is 0 Å². The highest BCUT2D eigenvalue weighted by molar-refractivity contribution is 5.92. The molecule has 1 aromatic rings. The third-order valence-electron chi connectivity index (χ3n) is 3.35. The van der Waals surface area contributed by atoms with Crippen molar-refractivity contribution in [1.29, 1.82) is 0 Å². The van der Waals surface area contributed by atoms with E-state index in [0.29, 0.717) is 18.3 Å². The Kier molecular flexibility index (Phi) is 6.39. The first kappa shape index (κ1) is 15.5. The van der Waals surface area contributed by atoms with Crippen molar-refractivity contribution in [3.63, 3.8) is 0 Å². The number of hydrogen-bond donors (Lipinski definition) is 1. The Hall–Kier alpha value is -1.52. The maximum atomic E-state index is 11.6. The number of carbonyl (C=O) groups is 1. The molecule has 1 rings (SSSR count). The van der Waals surface area contributed by atoms with E-state index in [1.54, 1.807) is 13.3 Å². The lowest BCUT2D eigenvalue weighted by Gasteiger charge is -2.15. The lowest BCUT2D eigenvalue weighted by Crippen LogP contribution is -2.14. The fourth-order valence-electron chi connectivity index (χ4n) is 2.09. The molecule has 108 valence electrons. The molecule has 0 saturated heterocycles. The van der Waals surface area contributed by atoms with Crippen LogP contribution in [0.2, 0.25) is 0 Å². The molecule has 0 aliphatic rings. The van der Waals surface area contributed by atoms with Crippen molar-refractivity contribution in [1.82, 2.24) is 9.55 Å². The van der Waals surface area contributed by atoms with Crippen LogP contribution in [0, 0.1) is 5.92 Å². The molecule has 1 atom stereocenters. The minimum atomic E-state index is -0.444. The van der Waals surface area contributed by atoms with Crippen molar-refractivity contribution in [3.8, 4) is 0 Å². The minimum absolute atomic E-state index is 0.229. The summed E-state index contributed by atoms with van der Waals surface area (Å²) in [7, 11) is 0. The van der Waals surface area contributed by atoms with Gasteiger partial charge >= 0.3 is 5.97 Å². The molecule has 0 aliphatic heterocycles. The molecule has 5 heteroatoms.